The zero-order chi connectivity index (χ0) is 10.0. The number of hydrogen-bond donors (Lipinski definition) is 1. The summed E-state index contributed by atoms with van der Waals surface area (Å²) in [5.74, 6) is 3.23. The van der Waals surface area contributed by atoms with Gasteiger partial charge in [-0.2, -0.15) is 0 Å². The standard InChI is InChI=1S/C14H21N/c1-14(13-8-15-13)4-2-3-9-5-12-10(7-14)6-11(9)12/h3,10-13,15H,2,4-8H2,1H3/b9-3+/t10-,11?,12+,13?,14?/m1/s1. The van der Waals surface area contributed by atoms with Gasteiger partial charge in [0.25, 0.3) is 0 Å². The molecule has 0 amide bonds. The number of allylic oxidation sites excluding steroid dienone is 2. The van der Waals surface area contributed by atoms with Crippen LogP contribution in [-0.2, 0) is 0 Å². The molecule has 1 heteroatoms. The molecule has 0 aromatic rings. The van der Waals surface area contributed by atoms with Crippen molar-refractivity contribution in [2.24, 2.45) is 23.2 Å². The molecular formula is C14H21N. The van der Waals surface area contributed by atoms with Crippen molar-refractivity contribution >= 4 is 0 Å². The highest BCUT2D eigenvalue weighted by molar-refractivity contribution is 5.26. The zero-order valence-corrected chi connectivity index (χ0v) is 9.63. The van der Waals surface area contributed by atoms with Gasteiger partial charge in [-0.1, -0.05) is 18.6 Å². The molecule has 15 heavy (non-hydrogen) atoms. The monoisotopic (exact) mass is 203 g/mol. The predicted octanol–water partition coefficient (Wildman–Crippen LogP) is 2.73. The largest absolute Gasteiger partial charge is 0.311 e. The molecule has 1 heterocycles. The summed E-state index contributed by atoms with van der Waals surface area (Å²) in [5.41, 5.74) is 2.44. The van der Waals surface area contributed by atoms with E-state index in [0.717, 1.165) is 23.8 Å². The van der Waals surface area contributed by atoms with Gasteiger partial charge in [0.15, 0.2) is 0 Å². The Balaban J connectivity index is 1.61. The Morgan fingerprint density at radius 1 is 1.47 bits per heavy atom. The second-order valence-corrected chi connectivity index (χ2v) is 6.61. The molecule has 0 aromatic carbocycles. The van der Waals surface area contributed by atoms with Gasteiger partial charge in [-0.15, -0.1) is 0 Å². The first-order valence-electron chi connectivity index (χ1n) is 6.69. The summed E-state index contributed by atoms with van der Waals surface area (Å²) in [5, 5.41) is 3.56. The number of rotatable bonds is 1. The zero-order valence-electron chi connectivity index (χ0n) is 9.63. The third kappa shape index (κ3) is 1.13. The Morgan fingerprint density at radius 3 is 3.00 bits per heavy atom. The van der Waals surface area contributed by atoms with Crippen molar-refractivity contribution in [2.75, 3.05) is 6.54 Å². The smallest absolute Gasteiger partial charge is 0.0247 e. The van der Waals surface area contributed by atoms with Gasteiger partial charge < -0.3 is 5.32 Å². The van der Waals surface area contributed by atoms with Gasteiger partial charge in [0, 0.05) is 12.6 Å². The van der Waals surface area contributed by atoms with E-state index in [0.29, 0.717) is 5.41 Å². The van der Waals surface area contributed by atoms with Crippen LogP contribution < -0.4 is 5.32 Å². The maximum absolute atomic E-state index is 3.56. The second-order valence-electron chi connectivity index (χ2n) is 6.61. The van der Waals surface area contributed by atoms with Crippen LogP contribution in [0.5, 0.6) is 0 Å². The van der Waals surface area contributed by atoms with Crippen LogP contribution in [0.2, 0.25) is 0 Å². The van der Waals surface area contributed by atoms with Crippen LogP contribution in [0, 0.1) is 23.2 Å². The summed E-state index contributed by atoms with van der Waals surface area (Å²) in [6.07, 6.45) is 9.85. The van der Waals surface area contributed by atoms with Crippen molar-refractivity contribution < 1.29 is 0 Å². The predicted molar refractivity (Wildman–Crippen MR) is 61.5 cm³/mol. The minimum absolute atomic E-state index is 0.615. The molecule has 0 spiro atoms. The summed E-state index contributed by atoms with van der Waals surface area (Å²) >= 11 is 0. The van der Waals surface area contributed by atoms with E-state index in [9.17, 15) is 0 Å². The summed E-state index contributed by atoms with van der Waals surface area (Å²) in [7, 11) is 0. The van der Waals surface area contributed by atoms with Crippen molar-refractivity contribution in [3.8, 4) is 0 Å². The fraction of sp³-hybridized carbons (Fsp3) is 0.857. The first kappa shape index (κ1) is 8.81. The van der Waals surface area contributed by atoms with Crippen LogP contribution in [0.4, 0.5) is 0 Å². The van der Waals surface area contributed by atoms with Crippen LogP contribution in [0.3, 0.4) is 0 Å². The van der Waals surface area contributed by atoms with Gasteiger partial charge >= 0.3 is 0 Å². The van der Waals surface area contributed by atoms with Gasteiger partial charge in [0.2, 0.25) is 0 Å². The minimum atomic E-state index is 0.615. The summed E-state index contributed by atoms with van der Waals surface area (Å²) in [6, 6.07) is 0.852. The topological polar surface area (TPSA) is 21.9 Å². The van der Waals surface area contributed by atoms with E-state index in [1.54, 1.807) is 0 Å². The van der Waals surface area contributed by atoms with Gasteiger partial charge in [0.05, 0.1) is 0 Å². The lowest BCUT2D eigenvalue weighted by molar-refractivity contribution is 0.00330. The van der Waals surface area contributed by atoms with Crippen LogP contribution in [-0.4, -0.2) is 12.6 Å². The van der Waals surface area contributed by atoms with Crippen LogP contribution in [0.1, 0.15) is 39.0 Å². The lowest BCUT2D eigenvalue weighted by atomic mass is 9.48. The molecule has 1 aliphatic heterocycles. The average Bonchev–Trinajstić information content (AvgIpc) is 3.00. The molecule has 1 N–H and O–H groups in total. The molecule has 82 valence electrons. The van der Waals surface area contributed by atoms with Gasteiger partial charge in [-0.25, -0.2) is 0 Å². The van der Waals surface area contributed by atoms with Crippen molar-refractivity contribution in [3.05, 3.63) is 11.6 Å². The van der Waals surface area contributed by atoms with Crippen molar-refractivity contribution in [1.82, 2.24) is 5.32 Å². The summed E-state index contributed by atoms with van der Waals surface area (Å²) < 4.78 is 0. The molecule has 1 nitrogen and oxygen atoms in total. The Hall–Kier alpha value is -0.300. The molecule has 0 radical (unpaired) electrons. The van der Waals surface area contributed by atoms with Crippen LogP contribution in [0.25, 0.3) is 0 Å². The lowest BCUT2D eigenvalue weighted by Gasteiger charge is -2.56. The molecule has 3 fully saturated rings. The van der Waals surface area contributed by atoms with E-state index in [-0.39, 0.29) is 0 Å². The fourth-order valence-corrected chi connectivity index (χ4v) is 4.43. The van der Waals surface area contributed by atoms with Gasteiger partial charge in [-0.05, 0) is 55.3 Å². The van der Waals surface area contributed by atoms with Crippen molar-refractivity contribution in [1.29, 1.82) is 0 Å². The third-order valence-electron chi connectivity index (χ3n) is 5.73. The summed E-state index contributed by atoms with van der Waals surface area (Å²) in [4.78, 5) is 0. The van der Waals surface area contributed by atoms with E-state index in [4.69, 9.17) is 0 Å². The molecule has 3 unspecified atom stereocenters. The Labute approximate surface area is 92.3 Å². The molecule has 6 aliphatic rings. The highest BCUT2D eigenvalue weighted by atomic mass is 15.1. The number of hydrogen-bond acceptors (Lipinski definition) is 1. The number of nitrogens with one attached hydrogen (secondary N) is 1. The highest BCUT2D eigenvalue weighted by Crippen LogP contribution is 2.62. The third-order valence-corrected chi connectivity index (χ3v) is 5.73. The van der Waals surface area contributed by atoms with Crippen LogP contribution in [0.15, 0.2) is 11.6 Å². The van der Waals surface area contributed by atoms with E-state index < -0.39 is 0 Å². The Morgan fingerprint density at radius 2 is 2.33 bits per heavy atom. The van der Waals surface area contributed by atoms with E-state index in [2.05, 4.69) is 18.3 Å². The first-order chi connectivity index (χ1) is 7.26. The molecule has 5 aliphatic carbocycles. The fourth-order valence-electron chi connectivity index (χ4n) is 4.43. The second kappa shape index (κ2) is 2.68. The highest BCUT2D eigenvalue weighted by Gasteiger charge is 2.54. The lowest BCUT2D eigenvalue weighted by Crippen LogP contribution is -2.48. The molecule has 5 atom stereocenters. The molecular weight excluding hydrogens is 182 g/mol. The minimum Gasteiger partial charge on any atom is -0.311 e. The van der Waals surface area contributed by atoms with Crippen molar-refractivity contribution in [3.63, 3.8) is 0 Å². The first-order valence-corrected chi connectivity index (χ1v) is 6.69. The maximum atomic E-state index is 3.56. The average molecular weight is 203 g/mol. The Bertz CT molecular complexity index is 328. The van der Waals surface area contributed by atoms with Crippen LogP contribution >= 0.6 is 0 Å². The molecule has 6 rings (SSSR count). The van der Waals surface area contributed by atoms with E-state index in [1.165, 1.54) is 38.6 Å². The van der Waals surface area contributed by atoms with E-state index >= 15 is 0 Å². The van der Waals surface area contributed by atoms with Crippen molar-refractivity contribution in [2.45, 2.75) is 45.1 Å². The maximum Gasteiger partial charge on any atom is 0.0247 e. The molecule has 0 aromatic heterocycles. The molecule has 1 saturated heterocycles. The Kier molecular flexibility index (Phi) is 1.58. The SMILES string of the molecule is CC1(C2CN2)CC/C=C2\C[C@@H]3C2C[C@@H]3C1. The summed E-state index contributed by atoms with van der Waals surface area (Å²) in [6.45, 7) is 3.82. The van der Waals surface area contributed by atoms with Gasteiger partial charge in [0.1, 0.15) is 0 Å². The molecule has 4 bridgehead atoms. The normalized spacial score (nSPS) is 59.9. The van der Waals surface area contributed by atoms with E-state index in [1.807, 2.05) is 5.57 Å². The van der Waals surface area contributed by atoms with Gasteiger partial charge in [-0.3, -0.25) is 0 Å². The molecule has 2 saturated carbocycles. The quantitative estimate of drug-likeness (QED) is 0.513.